The lowest BCUT2D eigenvalue weighted by Crippen LogP contribution is -2.13. The standard InChI is InChI=1S/C16H23N3/c1-4-12(10-17)16-18-14(11(2)3)15(19-16)13-8-6-5-7-9-13/h5-9,11-12H,4,10,17H2,1-3H3,(H,18,19). The van der Waals surface area contributed by atoms with Gasteiger partial charge in [-0.05, 0) is 12.3 Å². The number of hydrogen-bond acceptors (Lipinski definition) is 2. The summed E-state index contributed by atoms with van der Waals surface area (Å²) in [6.45, 7) is 7.16. The van der Waals surface area contributed by atoms with Crippen LogP contribution in [0.4, 0.5) is 0 Å². The molecule has 1 aromatic heterocycles. The monoisotopic (exact) mass is 257 g/mol. The Morgan fingerprint density at radius 2 is 1.89 bits per heavy atom. The Labute approximate surface area is 115 Å². The minimum atomic E-state index is 0.315. The molecule has 0 amide bonds. The molecule has 0 radical (unpaired) electrons. The van der Waals surface area contributed by atoms with E-state index in [4.69, 9.17) is 10.7 Å². The van der Waals surface area contributed by atoms with E-state index in [0.717, 1.165) is 17.9 Å². The van der Waals surface area contributed by atoms with Gasteiger partial charge in [0.2, 0.25) is 0 Å². The number of hydrogen-bond donors (Lipinski definition) is 2. The second-order valence-electron chi connectivity index (χ2n) is 5.25. The molecule has 0 aliphatic rings. The molecular weight excluding hydrogens is 234 g/mol. The van der Waals surface area contributed by atoms with Gasteiger partial charge >= 0.3 is 0 Å². The molecule has 0 saturated heterocycles. The molecular formula is C16H23N3. The van der Waals surface area contributed by atoms with Crippen LogP contribution in [0.5, 0.6) is 0 Å². The Morgan fingerprint density at radius 3 is 2.42 bits per heavy atom. The number of nitrogens with zero attached hydrogens (tertiary/aromatic N) is 1. The summed E-state index contributed by atoms with van der Waals surface area (Å²) in [5.41, 5.74) is 9.27. The van der Waals surface area contributed by atoms with Crippen LogP contribution in [0.3, 0.4) is 0 Å². The average Bonchev–Trinajstić information content (AvgIpc) is 2.86. The van der Waals surface area contributed by atoms with Gasteiger partial charge < -0.3 is 10.7 Å². The Balaban J connectivity index is 2.48. The number of benzene rings is 1. The third-order valence-electron chi connectivity index (χ3n) is 3.54. The van der Waals surface area contributed by atoms with Gasteiger partial charge in [0.15, 0.2) is 0 Å². The summed E-state index contributed by atoms with van der Waals surface area (Å²) in [5.74, 6) is 1.76. The first kappa shape index (κ1) is 13.8. The third-order valence-corrected chi connectivity index (χ3v) is 3.54. The predicted octanol–water partition coefficient (Wildman–Crippen LogP) is 3.65. The molecule has 19 heavy (non-hydrogen) atoms. The highest BCUT2D eigenvalue weighted by atomic mass is 15.0. The maximum Gasteiger partial charge on any atom is 0.111 e. The summed E-state index contributed by atoms with van der Waals surface area (Å²) in [6, 6.07) is 10.3. The van der Waals surface area contributed by atoms with Crippen molar-refractivity contribution in [1.82, 2.24) is 9.97 Å². The van der Waals surface area contributed by atoms with Crippen LogP contribution in [0.15, 0.2) is 30.3 Å². The van der Waals surface area contributed by atoms with Gasteiger partial charge in [0.1, 0.15) is 5.82 Å². The fourth-order valence-corrected chi connectivity index (χ4v) is 2.30. The summed E-state index contributed by atoms with van der Waals surface area (Å²) in [7, 11) is 0. The van der Waals surface area contributed by atoms with Gasteiger partial charge in [-0.15, -0.1) is 0 Å². The summed E-state index contributed by atoms with van der Waals surface area (Å²) in [4.78, 5) is 8.30. The van der Waals surface area contributed by atoms with Crippen molar-refractivity contribution in [1.29, 1.82) is 0 Å². The summed E-state index contributed by atoms with van der Waals surface area (Å²) in [6.07, 6.45) is 1.01. The molecule has 2 aromatic rings. The van der Waals surface area contributed by atoms with Crippen LogP contribution in [0.25, 0.3) is 11.3 Å². The highest BCUT2D eigenvalue weighted by Crippen LogP contribution is 2.29. The largest absolute Gasteiger partial charge is 0.345 e. The molecule has 2 rings (SSSR count). The first-order chi connectivity index (χ1) is 9.17. The number of aromatic nitrogens is 2. The van der Waals surface area contributed by atoms with Gasteiger partial charge in [0.05, 0.1) is 5.69 Å². The van der Waals surface area contributed by atoms with Gasteiger partial charge in [-0.3, -0.25) is 0 Å². The zero-order chi connectivity index (χ0) is 13.8. The third kappa shape index (κ3) is 2.87. The highest BCUT2D eigenvalue weighted by Gasteiger charge is 2.18. The average molecular weight is 257 g/mol. The summed E-state index contributed by atoms with van der Waals surface area (Å²) >= 11 is 0. The van der Waals surface area contributed by atoms with Crippen molar-refractivity contribution in [2.75, 3.05) is 6.54 Å². The molecule has 3 nitrogen and oxygen atoms in total. The topological polar surface area (TPSA) is 54.7 Å². The van der Waals surface area contributed by atoms with Crippen LogP contribution in [-0.2, 0) is 0 Å². The molecule has 3 N–H and O–H groups in total. The lowest BCUT2D eigenvalue weighted by atomic mass is 10.0. The predicted molar refractivity (Wildman–Crippen MR) is 80.2 cm³/mol. The molecule has 0 aliphatic carbocycles. The van der Waals surface area contributed by atoms with Gasteiger partial charge in [0, 0.05) is 23.7 Å². The molecule has 1 atom stereocenters. The van der Waals surface area contributed by atoms with E-state index in [0.29, 0.717) is 18.4 Å². The number of rotatable bonds is 5. The van der Waals surface area contributed by atoms with E-state index < -0.39 is 0 Å². The van der Waals surface area contributed by atoms with Crippen molar-refractivity contribution in [2.45, 2.75) is 39.0 Å². The number of nitrogens with one attached hydrogen (secondary N) is 1. The molecule has 0 spiro atoms. The Morgan fingerprint density at radius 1 is 1.21 bits per heavy atom. The zero-order valence-corrected chi connectivity index (χ0v) is 12.0. The molecule has 0 saturated carbocycles. The first-order valence-electron chi connectivity index (χ1n) is 7.02. The van der Waals surface area contributed by atoms with Crippen LogP contribution in [0, 0.1) is 0 Å². The molecule has 1 unspecified atom stereocenters. The maximum absolute atomic E-state index is 5.83. The zero-order valence-electron chi connectivity index (χ0n) is 12.0. The second-order valence-corrected chi connectivity index (χ2v) is 5.25. The Bertz CT molecular complexity index is 510. The van der Waals surface area contributed by atoms with Crippen molar-refractivity contribution < 1.29 is 0 Å². The molecule has 102 valence electrons. The van der Waals surface area contributed by atoms with Gasteiger partial charge in [0.25, 0.3) is 0 Å². The minimum Gasteiger partial charge on any atom is -0.345 e. The molecule has 1 aromatic carbocycles. The molecule has 1 heterocycles. The van der Waals surface area contributed by atoms with E-state index >= 15 is 0 Å². The molecule has 3 heteroatoms. The fourth-order valence-electron chi connectivity index (χ4n) is 2.30. The van der Waals surface area contributed by atoms with E-state index in [1.54, 1.807) is 0 Å². The van der Waals surface area contributed by atoms with Crippen molar-refractivity contribution in [3.8, 4) is 11.3 Å². The smallest absolute Gasteiger partial charge is 0.111 e. The van der Waals surface area contributed by atoms with Crippen LogP contribution in [0.2, 0.25) is 0 Å². The minimum absolute atomic E-state index is 0.315. The van der Waals surface area contributed by atoms with Crippen molar-refractivity contribution >= 4 is 0 Å². The second kappa shape index (κ2) is 6.02. The quantitative estimate of drug-likeness (QED) is 0.859. The van der Waals surface area contributed by atoms with Crippen LogP contribution in [0.1, 0.15) is 50.5 Å². The lowest BCUT2D eigenvalue weighted by molar-refractivity contribution is 0.635. The van der Waals surface area contributed by atoms with E-state index in [-0.39, 0.29) is 0 Å². The SMILES string of the molecule is CCC(CN)c1nc(-c2ccccc2)c(C(C)C)[nH]1. The number of H-pyrrole nitrogens is 1. The normalized spacial score (nSPS) is 12.9. The molecule has 0 bridgehead atoms. The van der Waals surface area contributed by atoms with Crippen LogP contribution in [-0.4, -0.2) is 16.5 Å². The van der Waals surface area contributed by atoms with Crippen molar-refractivity contribution in [2.24, 2.45) is 5.73 Å². The fraction of sp³-hybridized carbons (Fsp3) is 0.438. The molecule has 0 aliphatic heterocycles. The lowest BCUT2D eigenvalue weighted by Gasteiger charge is -2.08. The first-order valence-corrected chi connectivity index (χ1v) is 7.02. The molecule has 0 fully saturated rings. The Kier molecular flexibility index (Phi) is 4.38. The Hall–Kier alpha value is -1.61. The van der Waals surface area contributed by atoms with Crippen molar-refractivity contribution in [3.05, 3.63) is 41.9 Å². The number of imidazole rings is 1. The number of nitrogens with two attached hydrogens (primary N) is 1. The van der Waals surface area contributed by atoms with Gasteiger partial charge in [-0.2, -0.15) is 0 Å². The van der Waals surface area contributed by atoms with E-state index in [2.05, 4.69) is 37.9 Å². The number of aromatic amines is 1. The van der Waals surface area contributed by atoms with Crippen LogP contribution < -0.4 is 5.73 Å². The summed E-state index contributed by atoms with van der Waals surface area (Å²) < 4.78 is 0. The van der Waals surface area contributed by atoms with E-state index in [9.17, 15) is 0 Å². The highest BCUT2D eigenvalue weighted by molar-refractivity contribution is 5.62. The van der Waals surface area contributed by atoms with Crippen molar-refractivity contribution in [3.63, 3.8) is 0 Å². The maximum atomic E-state index is 5.83. The van der Waals surface area contributed by atoms with Gasteiger partial charge in [-0.25, -0.2) is 4.98 Å². The van der Waals surface area contributed by atoms with Gasteiger partial charge in [-0.1, -0.05) is 51.1 Å². The van der Waals surface area contributed by atoms with E-state index in [1.165, 1.54) is 11.3 Å². The summed E-state index contributed by atoms with van der Waals surface area (Å²) in [5, 5.41) is 0. The van der Waals surface area contributed by atoms with E-state index in [1.807, 2.05) is 18.2 Å². The van der Waals surface area contributed by atoms with Crippen LogP contribution >= 0.6 is 0 Å².